The first-order valence-electron chi connectivity index (χ1n) is 13.2. The lowest BCUT2D eigenvalue weighted by molar-refractivity contribution is -0.138. The fourth-order valence-electron chi connectivity index (χ4n) is 4.94. The van der Waals surface area contributed by atoms with E-state index < -0.39 is 23.7 Å². The number of amides is 1. The van der Waals surface area contributed by atoms with Gasteiger partial charge in [0.15, 0.2) is 0 Å². The first kappa shape index (κ1) is 29.3. The third-order valence-corrected chi connectivity index (χ3v) is 7.96. The minimum atomic E-state index is -4.62. The van der Waals surface area contributed by atoms with Gasteiger partial charge in [0, 0.05) is 46.5 Å². The van der Waals surface area contributed by atoms with E-state index in [1.54, 1.807) is 23.9 Å². The summed E-state index contributed by atoms with van der Waals surface area (Å²) in [7, 11) is 1.84. The summed E-state index contributed by atoms with van der Waals surface area (Å²) >= 11 is 2.92. The molecule has 12 heteroatoms. The van der Waals surface area contributed by atoms with Gasteiger partial charge in [-0.25, -0.2) is 9.55 Å². The molecule has 8 nitrogen and oxygen atoms in total. The van der Waals surface area contributed by atoms with Crippen LogP contribution < -0.4 is 10.9 Å². The number of anilines is 1. The Labute approximate surface area is 248 Å². The van der Waals surface area contributed by atoms with Gasteiger partial charge in [-0.3, -0.25) is 14.3 Å². The quantitative estimate of drug-likeness (QED) is 0.262. The number of benzene rings is 2. The van der Waals surface area contributed by atoms with Crippen molar-refractivity contribution in [1.82, 2.24) is 24.2 Å². The summed E-state index contributed by atoms with van der Waals surface area (Å²) in [5, 5.41) is 7.41. The van der Waals surface area contributed by atoms with Crippen molar-refractivity contribution >= 4 is 27.8 Å². The monoisotopic (exact) mass is 640 g/mol. The largest absolute Gasteiger partial charge is 0.417 e. The summed E-state index contributed by atoms with van der Waals surface area (Å²) in [6.07, 6.45) is 0.895. The molecule has 1 aliphatic rings. The summed E-state index contributed by atoms with van der Waals surface area (Å²) < 4.78 is 43.6. The van der Waals surface area contributed by atoms with Crippen molar-refractivity contribution in [3.63, 3.8) is 0 Å². The smallest absolute Gasteiger partial charge is 0.349 e. The summed E-state index contributed by atoms with van der Waals surface area (Å²) in [6, 6.07) is 10.2. The van der Waals surface area contributed by atoms with Crippen molar-refractivity contribution in [1.29, 1.82) is 0 Å². The van der Waals surface area contributed by atoms with Gasteiger partial charge in [0.2, 0.25) is 5.95 Å². The molecule has 0 unspecified atom stereocenters. The second-order valence-electron chi connectivity index (χ2n) is 10.3. The number of nitrogens with zero attached hydrogens (tertiary/aromatic N) is 5. The summed E-state index contributed by atoms with van der Waals surface area (Å²) in [4.78, 5) is 33.6. The van der Waals surface area contributed by atoms with E-state index in [-0.39, 0.29) is 40.6 Å². The predicted octanol–water partition coefficient (Wildman–Crippen LogP) is 5.99. The number of carbonyl (C=O) groups excluding carboxylic acids is 1. The fourth-order valence-corrected chi connectivity index (χ4v) is 5.42. The Morgan fingerprint density at radius 2 is 1.90 bits per heavy atom. The van der Waals surface area contributed by atoms with Crippen LogP contribution in [0.5, 0.6) is 0 Å². The maximum Gasteiger partial charge on any atom is 0.417 e. The first-order valence-corrected chi connectivity index (χ1v) is 14.0. The molecule has 1 aliphatic heterocycles. The normalized spacial score (nSPS) is 15.7. The van der Waals surface area contributed by atoms with Crippen molar-refractivity contribution in [3.8, 4) is 16.8 Å². The van der Waals surface area contributed by atoms with Gasteiger partial charge in [0.1, 0.15) is 0 Å². The molecule has 5 rings (SSSR count). The molecule has 2 aromatic heterocycles. The Hall–Kier alpha value is -4.19. The van der Waals surface area contributed by atoms with E-state index in [1.165, 1.54) is 21.6 Å². The van der Waals surface area contributed by atoms with Crippen molar-refractivity contribution in [2.24, 2.45) is 7.05 Å². The molecule has 2 atom stereocenters. The number of aryl methyl sites for hydroxylation is 1. The maximum absolute atomic E-state index is 14.0. The van der Waals surface area contributed by atoms with E-state index in [0.29, 0.717) is 16.9 Å². The molecule has 3 heterocycles. The molecule has 1 N–H and O–H groups in total. The molecule has 2 aromatic carbocycles. The van der Waals surface area contributed by atoms with Crippen molar-refractivity contribution in [3.05, 3.63) is 105 Å². The SMILES string of the molecule is C=C[C@H](C)Nc1nc2c(c(=O)n1-c1ccc(-c3cnn(C)c3)cc1)C[C@@H](C)N(C(=O)c1ccc(Br)c(C(F)(F)F)c1)C2. The molecule has 0 saturated heterocycles. The third-order valence-electron chi connectivity index (χ3n) is 7.27. The Balaban J connectivity index is 1.53. The zero-order valence-electron chi connectivity index (χ0n) is 23.1. The number of nitrogens with one attached hydrogen (secondary N) is 1. The number of hydrogen-bond donors (Lipinski definition) is 1. The van der Waals surface area contributed by atoms with Gasteiger partial charge in [0.25, 0.3) is 11.5 Å². The van der Waals surface area contributed by atoms with Crippen molar-refractivity contribution < 1.29 is 18.0 Å². The van der Waals surface area contributed by atoms with E-state index in [9.17, 15) is 22.8 Å². The van der Waals surface area contributed by atoms with Crippen LogP contribution in [-0.2, 0) is 26.2 Å². The van der Waals surface area contributed by atoms with Crippen LogP contribution in [0.1, 0.15) is 41.0 Å². The number of rotatable bonds is 6. The average Bonchev–Trinajstić information content (AvgIpc) is 3.39. The van der Waals surface area contributed by atoms with Crippen LogP contribution in [0.2, 0.25) is 0 Å². The highest BCUT2D eigenvalue weighted by molar-refractivity contribution is 9.10. The third kappa shape index (κ3) is 5.63. The average molecular weight is 641 g/mol. The van der Waals surface area contributed by atoms with Crippen LogP contribution >= 0.6 is 15.9 Å². The van der Waals surface area contributed by atoms with Crippen molar-refractivity contribution in [2.45, 2.75) is 45.1 Å². The van der Waals surface area contributed by atoms with E-state index >= 15 is 0 Å². The summed E-state index contributed by atoms with van der Waals surface area (Å²) in [5.74, 6) is -0.303. The maximum atomic E-state index is 14.0. The molecule has 0 saturated carbocycles. The Morgan fingerprint density at radius 3 is 2.52 bits per heavy atom. The van der Waals surface area contributed by atoms with Gasteiger partial charge in [-0.15, -0.1) is 6.58 Å². The Kier molecular flexibility index (Phi) is 7.84. The number of halogens is 4. The highest BCUT2D eigenvalue weighted by Crippen LogP contribution is 2.36. The van der Waals surface area contributed by atoms with Crippen molar-refractivity contribution in [2.75, 3.05) is 5.32 Å². The van der Waals surface area contributed by atoms with E-state index in [0.717, 1.165) is 17.2 Å². The molecule has 218 valence electrons. The number of carbonyl (C=O) groups is 1. The molecule has 0 spiro atoms. The van der Waals surface area contributed by atoms with Gasteiger partial charge < -0.3 is 10.2 Å². The molecule has 0 bridgehead atoms. The molecule has 0 fully saturated rings. The molecular weight excluding hydrogens is 613 g/mol. The Bertz CT molecular complexity index is 1730. The Morgan fingerprint density at radius 1 is 1.19 bits per heavy atom. The standard InChI is InChI=1S/C30H28BrF3N6O2/c1-5-17(2)36-29-37-26-16-39(27(41)20-8-11-25(31)24(13-20)30(32,33)34)18(3)12-23(26)28(42)40(29)22-9-6-19(7-10-22)21-14-35-38(4)15-21/h5-11,13-15,17-18H,1,12,16H2,2-4H3,(H,36,37)/t17-,18+/m0/s1. The molecule has 0 radical (unpaired) electrons. The van der Waals surface area contributed by atoms with E-state index in [1.807, 2.05) is 44.4 Å². The van der Waals surface area contributed by atoms with Crippen LogP contribution in [0.15, 0.2) is 76.8 Å². The second kappa shape index (κ2) is 11.2. The summed E-state index contributed by atoms with van der Waals surface area (Å²) in [6.45, 7) is 7.40. The van der Waals surface area contributed by atoms with Crippen LogP contribution in [0.4, 0.5) is 19.1 Å². The van der Waals surface area contributed by atoms with Gasteiger partial charge in [-0.05, 0) is 56.2 Å². The lowest BCUT2D eigenvalue weighted by atomic mass is 9.98. The number of alkyl halides is 3. The van der Waals surface area contributed by atoms with Crippen LogP contribution in [0, 0.1) is 0 Å². The topological polar surface area (TPSA) is 85.1 Å². The number of hydrogen-bond acceptors (Lipinski definition) is 5. The van der Waals surface area contributed by atoms with Gasteiger partial charge in [-0.1, -0.05) is 34.1 Å². The van der Waals surface area contributed by atoms with Gasteiger partial charge in [-0.2, -0.15) is 18.3 Å². The molecule has 42 heavy (non-hydrogen) atoms. The van der Waals surface area contributed by atoms with E-state index in [2.05, 4.69) is 32.9 Å². The zero-order chi connectivity index (χ0) is 30.3. The van der Waals surface area contributed by atoms with E-state index in [4.69, 9.17) is 4.98 Å². The van der Waals surface area contributed by atoms with Crippen LogP contribution in [0.25, 0.3) is 16.8 Å². The number of aromatic nitrogens is 4. The molecule has 0 aliphatic carbocycles. The minimum Gasteiger partial charge on any atom is -0.349 e. The zero-order valence-corrected chi connectivity index (χ0v) is 24.7. The first-order chi connectivity index (χ1) is 19.9. The summed E-state index contributed by atoms with van der Waals surface area (Å²) in [5.41, 5.74) is 2.00. The lowest BCUT2D eigenvalue weighted by Gasteiger charge is -2.35. The molecule has 1 amide bonds. The van der Waals surface area contributed by atoms with Crippen LogP contribution in [0.3, 0.4) is 0 Å². The van der Waals surface area contributed by atoms with Gasteiger partial charge >= 0.3 is 6.18 Å². The highest BCUT2D eigenvalue weighted by Gasteiger charge is 2.36. The van der Waals surface area contributed by atoms with Crippen LogP contribution in [-0.4, -0.2) is 42.2 Å². The second-order valence-corrected chi connectivity index (χ2v) is 11.2. The lowest BCUT2D eigenvalue weighted by Crippen LogP contribution is -2.46. The molecular formula is C30H28BrF3N6O2. The predicted molar refractivity (Wildman–Crippen MR) is 158 cm³/mol. The molecule has 4 aromatic rings. The fraction of sp³-hybridized carbons (Fsp3) is 0.267. The minimum absolute atomic E-state index is 0.0279. The van der Waals surface area contributed by atoms with Gasteiger partial charge in [0.05, 0.1) is 29.7 Å². The number of fused-ring (bicyclic) bond motifs is 1. The highest BCUT2D eigenvalue weighted by atomic mass is 79.9.